The molecule has 1 saturated carbocycles. The van der Waals surface area contributed by atoms with E-state index in [9.17, 15) is 14.0 Å². The molecule has 0 spiro atoms. The highest BCUT2D eigenvalue weighted by atomic mass is 19.1. The van der Waals surface area contributed by atoms with E-state index < -0.39 is 6.03 Å². The fourth-order valence-corrected chi connectivity index (χ4v) is 2.45. The van der Waals surface area contributed by atoms with Gasteiger partial charge in [-0.1, -0.05) is 12.1 Å². The first-order valence-corrected chi connectivity index (χ1v) is 7.61. The Labute approximate surface area is 138 Å². The third-order valence-electron chi connectivity index (χ3n) is 3.76. The van der Waals surface area contributed by atoms with Crippen LogP contribution in [0.3, 0.4) is 0 Å². The highest BCUT2D eigenvalue weighted by Crippen LogP contribution is 2.40. The lowest BCUT2D eigenvalue weighted by Crippen LogP contribution is -2.41. The largest absolute Gasteiger partial charge is 0.335 e. The number of carbonyl (C=O) groups excluding carboxylic acids is 2. The number of hydrogen-bond donors (Lipinski definition) is 3. The zero-order valence-corrected chi connectivity index (χ0v) is 12.8. The van der Waals surface area contributed by atoms with E-state index in [1.54, 1.807) is 30.5 Å². The number of urea groups is 1. The third kappa shape index (κ3) is 4.28. The first-order chi connectivity index (χ1) is 11.6. The Morgan fingerprint density at radius 2 is 2.00 bits per heavy atom. The molecule has 1 fully saturated rings. The average Bonchev–Trinajstić information content (AvgIpc) is 3.33. The summed E-state index contributed by atoms with van der Waals surface area (Å²) in [5.41, 5.74) is 1.57. The Hall–Kier alpha value is -2.96. The van der Waals surface area contributed by atoms with Gasteiger partial charge >= 0.3 is 6.03 Å². The van der Waals surface area contributed by atoms with Gasteiger partial charge < -0.3 is 16.0 Å². The maximum Gasteiger partial charge on any atom is 0.315 e. The van der Waals surface area contributed by atoms with E-state index in [1.165, 1.54) is 18.3 Å². The highest BCUT2D eigenvalue weighted by Gasteiger charge is 2.39. The maximum absolute atomic E-state index is 12.9. The number of nitrogens with one attached hydrogen (secondary N) is 3. The van der Waals surface area contributed by atoms with Crippen molar-refractivity contribution in [3.63, 3.8) is 0 Å². The van der Waals surface area contributed by atoms with E-state index in [2.05, 4.69) is 20.9 Å². The molecule has 1 aromatic heterocycles. The number of rotatable bonds is 5. The van der Waals surface area contributed by atoms with E-state index in [4.69, 9.17) is 0 Å². The second-order valence-corrected chi connectivity index (χ2v) is 5.62. The average molecular weight is 328 g/mol. The fourth-order valence-electron chi connectivity index (χ4n) is 2.45. The number of pyridine rings is 1. The molecule has 0 aliphatic heterocycles. The molecule has 0 bridgehead atoms. The number of nitrogens with zero attached hydrogens (tertiary/aromatic N) is 1. The molecule has 7 heteroatoms. The number of amides is 3. The summed E-state index contributed by atoms with van der Waals surface area (Å²) in [6.45, 7) is -0.130. The number of anilines is 1. The predicted molar refractivity (Wildman–Crippen MR) is 86.9 cm³/mol. The van der Waals surface area contributed by atoms with Crippen molar-refractivity contribution in [1.29, 1.82) is 0 Å². The normalized spacial score (nSPS) is 18.5. The van der Waals surface area contributed by atoms with Crippen LogP contribution in [0.2, 0.25) is 0 Å². The topological polar surface area (TPSA) is 83.1 Å². The molecule has 3 rings (SSSR count). The number of hydrogen-bond acceptors (Lipinski definition) is 3. The molecular weight excluding hydrogens is 311 g/mol. The van der Waals surface area contributed by atoms with Crippen molar-refractivity contribution in [2.75, 3.05) is 11.9 Å². The zero-order valence-electron chi connectivity index (χ0n) is 12.8. The maximum atomic E-state index is 12.9. The van der Waals surface area contributed by atoms with Crippen molar-refractivity contribution in [3.8, 4) is 0 Å². The van der Waals surface area contributed by atoms with Gasteiger partial charge in [-0.25, -0.2) is 9.18 Å². The number of aromatic nitrogens is 1. The van der Waals surface area contributed by atoms with Gasteiger partial charge in [-0.15, -0.1) is 0 Å². The Balaban J connectivity index is 1.39. The molecule has 2 atom stereocenters. The summed E-state index contributed by atoms with van der Waals surface area (Å²) in [4.78, 5) is 27.4. The molecule has 1 aliphatic carbocycles. The second kappa shape index (κ2) is 7.08. The van der Waals surface area contributed by atoms with Crippen LogP contribution in [-0.2, 0) is 4.79 Å². The molecular formula is C17H17FN4O2. The van der Waals surface area contributed by atoms with Gasteiger partial charge in [-0.2, -0.15) is 0 Å². The Bertz CT molecular complexity index is 721. The lowest BCUT2D eigenvalue weighted by molar-refractivity contribution is -0.115. The molecule has 3 N–H and O–H groups in total. The van der Waals surface area contributed by atoms with Gasteiger partial charge in [0.1, 0.15) is 5.82 Å². The Morgan fingerprint density at radius 3 is 2.71 bits per heavy atom. The van der Waals surface area contributed by atoms with Gasteiger partial charge in [0.05, 0.1) is 18.4 Å². The van der Waals surface area contributed by atoms with Crippen LogP contribution in [0.5, 0.6) is 0 Å². The van der Waals surface area contributed by atoms with Crippen LogP contribution in [0.15, 0.2) is 48.8 Å². The summed E-state index contributed by atoms with van der Waals surface area (Å²) in [7, 11) is 0. The summed E-state index contributed by atoms with van der Waals surface area (Å²) >= 11 is 0. The van der Waals surface area contributed by atoms with Gasteiger partial charge in [0.25, 0.3) is 0 Å². The molecule has 2 aromatic rings. The second-order valence-electron chi connectivity index (χ2n) is 5.62. The summed E-state index contributed by atoms with van der Waals surface area (Å²) in [6, 6.07) is 9.30. The van der Waals surface area contributed by atoms with Crippen molar-refractivity contribution in [1.82, 2.24) is 15.6 Å². The lowest BCUT2D eigenvalue weighted by atomic mass is 10.1. The van der Waals surface area contributed by atoms with E-state index in [1.807, 2.05) is 0 Å². The Kier molecular flexibility index (Phi) is 4.69. The minimum Gasteiger partial charge on any atom is -0.335 e. The van der Waals surface area contributed by atoms with E-state index in [-0.39, 0.29) is 30.2 Å². The number of halogens is 1. The number of carbonyl (C=O) groups is 2. The first kappa shape index (κ1) is 15.9. The van der Waals surface area contributed by atoms with Crippen LogP contribution >= 0.6 is 0 Å². The van der Waals surface area contributed by atoms with Crippen LogP contribution in [0.25, 0.3) is 0 Å². The van der Waals surface area contributed by atoms with Crippen LogP contribution in [0.4, 0.5) is 14.9 Å². The number of benzene rings is 1. The molecule has 124 valence electrons. The van der Waals surface area contributed by atoms with E-state index >= 15 is 0 Å². The first-order valence-electron chi connectivity index (χ1n) is 7.61. The lowest BCUT2D eigenvalue weighted by Gasteiger charge is -2.08. The van der Waals surface area contributed by atoms with Crippen molar-refractivity contribution in [2.24, 2.45) is 0 Å². The summed E-state index contributed by atoms with van der Waals surface area (Å²) in [5, 5.41) is 7.94. The van der Waals surface area contributed by atoms with E-state index in [0.717, 1.165) is 12.0 Å². The Morgan fingerprint density at radius 1 is 1.21 bits per heavy atom. The van der Waals surface area contributed by atoms with Crippen molar-refractivity contribution in [2.45, 2.75) is 18.4 Å². The van der Waals surface area contributed by atoms with Crippen LogP contribution < -0.4 is 16.0 Å². The van der Waals surface area contributed by atoms with Gasteiger partial charge in [0, 0.05) is 18.2 Å². The molecule has 1 aliphatic rings. The van der Waals surface area contributed by atoms with Crippen LogP contribution in [-0.4, -0.2) is 29.5 Å². The predicted octanol–water partition coefficient (Wildman–Crippen LogP) is 2.01. The smallest absolute Gasteiger partial charge is 0.315 e. The molecule has 3 amide bonds. The van der Waals surface area contributed by atoms with Crippen molar-refractivity contribution in [3.05, 3.63) is 60.2 Å². The quantitative estimate of drug-likeness (QED) is 0.785. The zero-order chi connectivity index (χ0) is 16.9. The molecule has 0 unspecified atom stereocenters. The summed E-state index contributed by atoms with van der Waals surface area (Å²) in [5.74, 6) is -0.411. The molecule has 1 aromatic carbocycles. The van der Waals surface area contributed by atoms with Crippen molar-refractivity contribution < 1.29 is 14.0 Å². The summed E-state index contributed by atoms with van der Waals surface area (Å²) in [6.07, 6.45) is 3.94. The molecule has 6 nitrogen and oxygen atoms in total. The SMILES string of the molecule is O=C(CNC(=O)N[C@H]1C[C@H]1c1ccc(F)cc1)Nc1cccnc1. The van der Waals surface area contributed by atoms with Gasteiger partial charge in [0.15, 0.2) is 0 Å². The van der Waals surface area contributed by atoms with Crippen LogP contribution in [0.1, 0.15) is 17.9 Å². The van der Waals surface area contributed by atoms with Crippen molar-refractivity contribution >= 4 is 17.6 Å². The molecule has 0 saturated heterocycles. The standard InChI is InChI=1S/C17H17FN4O2/c18-12-5-3-11(4-6-12)14-8-15(14)22-17(24)20-10-16(23)21-13-2-1-7-19-9-13/h1-7,9,14-15H,8,10H2,(H,21,23)(H2,20,22,24)/t14-,15-/m0/s1. The minimum atomic E-state index is -0.397. The van der Waals surface area contributed by atoms with Crippen LogP contribution in [0, 0.1) is 5.82 Å². The third-order valence-corrected chi connectivity index (χ3v) is 3.76. The molecule has 0 radical (unpaired) electrons. The van der Waals surface area contributed by atoms with Gasteiger partial charge in [-0.05, 0) is 36.2 Å². The van der Waals surface area contributed by atoms with Gasteiger partial charge in [0.2, 0.25) is 5.91 Å². The molecule has 1 heterocycles. The minimum absolute atomic E-state index is 0.0110. The van der Waals surface area contributed by atoms with E-state index in [0.29, 0.717) is 5.69 Å². The van der Waals surface area contributed by atoms with Gasteiger partial charge in [-0.3, -0.25) is 9.78 Å². The summed E-state index contributed by atoms with van der Waals surface area (Å²) < 4.78 is 12.9. The fraction of sp³-hybridized carbons (Fsp3) is 0.235. The highest BCUT2D eigenvalue weighted by molar-refractivity contribution is 5.94. The monoisotopic (exact) mass is 328 g/mol. The molecule has 24 heavy (non-hydrogen) atoms.